The Morgan fingerprint density at radius 1 is 1.08 bits per heavy atom. The highest BCUT2D eigenvalue weighted by Gasteiger charge is 2.08. The third-order valence-corrected chi connectivity index (χ3v) is 5.18. The molecule has 1 N–H and O–H groups in total. The van der Waals surface area contributed by atoms with Crippen molar-refractivity contribution in [3.63, 3.8) is 0 Å². The van der Waals surface area contributed by atoms with E-state index in [2.05, 4.69) is 16.4 Å². The molecule has 1 heterocycles. The van der Waals surface area contributed by atoms with Crippen molar-refractivity contribution in [2.45, 2.75) is 19.3 Å². The van der Waals surface area contributed by atoms with Crippen LogP contribution in [0.5, 0.6) is 11.5 Å². The number of para-hydroxylation sites is 1. The summed E-state index contributed by atoms with van der Waals surface area (Å²) in [6, 6.07) is 13.8. The fourth-order valence-corrected chi connectivity index (χ4v) is 3.68. The number of aromatic nitrogens is 1. The lowest BCUT2D eigenvalue weighted by atomic mass is 10.1. The topological polar surface area (TPSA) is 60.5 Å². The van der Waals surface area contributed by atoms with E-state index < -0.39 is 0 Å². The van der Waals surface area contributed by atoms with Crippen LogP contribution in [0.2, 0.25) is 0 Å². The lowest BCUT2D eigenvalue weighted by Crippen LogP contribution is -2.25. The summed E-state index contributed by atoms with van der Waals surface area (Å²) in [5.74, 6) is 1.45. The molecule has 0 atom stereocenters. The van der Waals surface area contributed by atoms with E-state index in [-0.39, 0.29) is 5.91 Å². The van der Waals surface area contributed by atoms with Gasteiger partial charge < -0.3 is 14.8 Å². The van der Waals surface area contributed by atoms with Crippen LogP contribution in [0.3, 0.4) is 0 Å². The van der Waals surface area contributed by atoms with Gasteiger partial charge in [-0.15, -0.1) is 11.3 Å². The average molecular weight is 370 g/mol. The van der Waals surface area contributed by atoms with Crippen molar-refractivity contribution in [2.75, 3.05) is 20.8 Å². The number of ether oxygens (including phenoxy) is 2. The van der Waals surface area contributed by atoms with Gasteiger partial charge in [0.15, 0.2) is 11.5 Å². The first-order valence-corrected chi connectivity index (χ1v) is 9.33. The number of rotatable bonds is 8. The zero-order chi connectivity index (χ0) is 18.4. The first-order valence-electron chi connectivity index (χ1n) is 8.51. The molecule has 2 aromatic carbocycles. The molecule has 3 rings (SSSR count). The molecule has 0 aliphatic carbocycles. The maximum absolute atomic E-state index is 12.1. The summed E-state index contributed by atoms with van der Waals surface area (Å²) < 4.78 is 11.7. The van der Waals surface area contributed by atoms with Gasteiger partial charge >= 0.3 is 0 Å². The fraction of sp³-hybridized carbons (Fsp3) is 0.300. The molecular weight excluding hydrogens is 348 g/mol. The number of methoxy groups -OCH3 is 2. The Hall–Kier alpha value is -2.60. The number of carbonyl (C=O) groups excluding carboxylic acids is 1. The number of carbonyl (C=O) groups is 1. The minimum absolute atomic E-state index is 0.0460. The van der Waals surface area contributed by atoms with Crippen molar-refractivity contribution >= 4 is 27.5 Å². The van der Waals surface area contributed by atoms with E-state index in [1.54, 1.807) is 25.6 Å². The van der Waals surface area contributed by atoms with Crippen molar-refractivity contribution < 1.29 is 14.3 Å². The molecule has 6 heteroatoms. The van der Waals surface area contributed by atoms with Crippen LogP contribution in [0.1, 0.15) is 17.0 Å². The van der Waals surface area contributed by atoms with Crippen molar-refractivity contribution in [3.8, 4) is 11.5 Å². The number of hydrogen-bond acceptors (Lipinski definition) is 5. The number of amides is 1. The van der Waals surface area contributed by atoms with Gasteiger partial charge in [-0.1, -0.05) is 18.2 Å². The molecule has 0 aliphatic rings. The molecule has 26 heavy (non-hydrogen) atoms. The van der Waals surface area contributed by atoms with E-state index >= 15 is 0 Å². The highest BCUT2D eigenvalue weighted by Crippen LogP contribution is 2.27. The van der Waals surface area contributed by atoms with Gasteiger partial charge in [-0.25, -0.2) is 4.98 Å². The molecule has 0 unspecified atom stereocenters. The molecule has 3 aromatic rings. The van der Waals surface area contributed by atoms with Crippen LogP contribution in [0.15, 0.2) is 42.5 Å². The molecule has 1 aromatic heterocycles. The summed E-state index contributed by atoms with van der Waals surface area (Å²) >= 11 is 1.65. The first kappa shape index (κ1) is 18.2. The minimum Gasteiger partial charge on any atom is -0.493 e. The first-order chi connectivity index (χ1) is 12.7. The van der Waals surface area contributed by atoms with Gasteiger partial charge in [-0.2, -0.15) is 0 Å². The number of thiazole rings is 1. The van der Waals surface area contributed by atoms with E-state index in [0.717, 1.165) is 27.2 Å². The van der Waals surface area contributed by atoms with Crippen molar-refractivity contribution in [1.29, 1.82) is 0 Å². The average Bonchev–Trinajstić information content (AvgIpc) is 3.09. The highest BCUT2D eigenvalue weighted by molar-refractivity contribution is 7.18. The molecule has 0 spiro atoms. The van der Waals surface area contributed by atoms with Gasteiger partial charge in [0.2, 0.25) is 5.91 Å². The molecule has 0 bridgehead atoms. The van der Waals surface area contributed by atoms with Gasteiger partial charge in [0.25, 0.3) is 0 Å². The van der Waals surface area contributed by atoms with Gasteiger partial charge in [-0.3, -0.25) is 4.79 Å². The Morgan fingerprint density at radius 2 is 1.88 bits per heavy atom. The second-order valence-electron chi connectivity index (χ2n) is 5.86. The number of hydrogen-bond donors (Lipinski definition) is 1. The van der Waals surface area contributed by atoms with Crippen molar-refractivity contribution in [3.05, 3.63) is 53.0 Å². The molecular formula is C20H22N2O3S. The van der Waals surface area contributed by atoms with Gasteiger partial charge in [-0.05, 0) is 36.2 Å². The van der Waals surface area contributed by atoms with Gasteiger partial charge in [0, 0.05) is 19.4 Å². The molecule has 0 fully saturated rings. The molecule has 136 valence electrons. The van der Waals surface area contributed by atoms with Crippen LogP contribution in [0.4, 0.5) is 0 Å². The smallest absolute Gasteiger partial charge is 0.220 e. The number of aryl methyl sites for hydroxylation is 1. The predicted molar refractivity (Wildman–Crippen MR) is 104 cm³/mol. The summed E-state index contributed by atoms with van der Waals surface area (Å²) in [5, 5.41) is 3.97. The summed E-state index contributed by atoms with van der Waals surface area (Å²) in [7, 11) is 3.23. The number of nitrogens with zero attached hydrogens (tertiary/aromatic N) is 1. The van der Waals surface area contributed by atoms with Crippen LogP contribution < -0.4 is 14.8 Å². The number of nitrogens with one attached hydrogen (secondary N) is 1. The zero-order valence-electron chi connectivity index (χ0n) is 15.0. The third-order valence-electron chi connectivity index (χ3n) is 4.09. The lowest BCUT2D eigenvalue weighted by Gasteiger charge is -2.10. The Morgan fingerprint density at radius 3 is 2.65 bits per heavy atom. The van der Waals surface area contributed by atoms with Crippen LogP contribution in [0.25, 0.3) is 10.2 Å². The standard InChI is InChI=1S/C20H22N2O3S/c1-24-16-8-7-14(13-17(16)25-2)11-12-21-19(23)9-10-20-22-15-5-3-4-6-18(15)26-20/h3-8,13H,9-12H2,1-2H3,(H,21,23). The third kappa shape index (κ3) is 4.52. The monoisotopic (exact) mass is 370 g/mol. The van der Waals surface area contributed by atoms with E-state index in [1.165, 1.54) is 0 Å². The SMILES string of the molecule is COc1ccc(CCNC(=O)CCc2nc3ccccc3s2)cc1OC. The predicted octanol–water partition coefficient (Wildman–Crippen LogP) is 3.61. The van der Waals surface area contributed by atoms with Crippen LogP contribution in [-0.4, -0.2) is 31.7 Å². The summed E-state index contributed by atoms with van der Waals surface area (Å²) in [5.41, 5.74) is 2.09. The molecule has 0 radical (unpaired) electrons. The maximum Gasteiger partial charge on any atom is 0.220 e. The quantitative estimate of drug-likeness (QED) is 0.658. The van der Waals surface area contributed by atoms with Crippen molar-refractivity contribution in [1.82, 2.24) is 10.3 Å². The number of benzene rings is 2. The van der Waals surface area contributed by atoms with E-state index in [1.807, 2.05) is 36.4 Å². The summed E-state index contributed by atoms with van der Waals surface area (Å²) in [4.78, 5) is 16.6. The molecule has 0 saturated heterocycles. The molecule has 1 amide bonds. The van der Waals surface area contributed by atoms with E-state index in [4.69, 9.17) is 9.47 Å². The van der Waals surface area contributed by atoms with Crippen LogP contribution in [0, 0.1) is 0 Å². The Balaban J connectivity index is 1.45. The lowest BCUT2D eigenvalue weighted by molar-refractivity contribution is -0.121. The summed E-state index contributed by atoms with van der Waals surface area (Å²) in [6.07, 6.45) is 1.86. The fourth-order valence-electron chi connectivity index (χ4n) is 2.72. The van der Waals surface area contributed by atoms with Crippen molar-refractivity contribution in [2.24, 2.45) is 0 Å². The molecule has 0 saturated carbocycles. The van der Waals surface area contributed by atoms with E-state index in [0.29, 0.717) is 30.9 Å². The zero-order valence-corrected chi connectivity index (χ0v) is 15.8. The molecule has 5 nitrogen and oxygen atoms in total. The Labute approximate surface area is 157 Å². The van der Waals surface area contributed by atoms with Crippen LogP contribution >= 0.6 is 11.3 Å². The highest BCUT2D eigenvalue weighted by atomic mass is 32.1. The second-order valence-corrected chi connectivity index (χ2v) is 6.98. The Bertz CT molecular complexity index is 859. The van der Waals surface area contributed by atoms with E-state index in [9.17, 15) is 4.79 Å². The molecule has 0 aliphatic heterocycles. The Kier molecular flexibility index (Phi) is 6.07. The van der Waals surface area contributed by atoms with Crippen LogP contribution in [-0.2, 0) is 17.6 Å². The largest absolute Gasteiger partial charge is 0.493 e. The normalized spacial score (nSPS) is 10.7. The summed E-state index contributed by atoms with van der Waals surface area (Å²) in [6.45, 7) is 0.591. The maximum atomic E-state index is 12.1. The van der Waals surface area contributed by atoms with Gasteiger partial charge in [0.1, 0.15) is 0 Å². The minimum atomic E-state index is 0.0460. The second kappa shape index (κ2) is 8.67. The number of fused-ring (bicyclic) bond motifs is 1. The van der Waals surface area contributed by atoms with Gasteiger partial charge in [0.05, 0.1) is 29.4 Å².